The quantitative estimate of drug-likeness (QED) is 0.453. The van der Waals surface area contributed by atoms with E-state index in [1.54, 1.807) is 45.3 Å². The highest BCUT2D eigenvalue weighted by Gasteiger charge is 2.27. The van der Waals surface area contributed by atoms with E-state index >= 15 is 0 Å². The van der Waals surface area contributed by atoms with E-state index in [4.69, 9.17) is 10.3 Å². The molecule has 32 heavy (non-hydrogen) atoms. The van der Waals surface area contributed by atoms with Crippen LogP contribution in [0.4, 0.5) is 5.95 Å². The first-order valence-corrected chi connectivity index (χ1v) is 9.55. The molecule has 0 bridgehead atoms. The highest BCUT2D eigenvalue weighted by molar-refractivity contribution is 6.05. The average Bonchev–Trinajstić information content (AvgIpc) is 3.36. The van der Waals surface area contributed by atoms with Crippen molar-refractivity contribution in [3.05, 3.63) is 53.4 Å². The minimum Gasteiger partial charge on any atom is -0.370 e. The molecule has 11 heteroatoms. The van der Waals surface area contributed by atoms with Gasteiger partial charge in [0.05, 0.1) is 5.52 Å². The summed E-state index contributed by atoms with van der Waals surface area (Å²) >= 11 is 0. The molecule has 1 amide bonds. The Labute approximate surface area is 182 Å². The second-order valence-electron chi connectivity index (χ2n) is 7.43. The molecule has 0 saturated carbocycles. The number of nitrogen functional groups attached to an aromatic ring is 1. The number of aryl methyl sites for hydroxylation is 1. The van der Waals surface area contributed by atoms with Gasteiger partial charge in [0.15, 0.2) is 17.3 Å². The first-order valence-electron chi connectivity index (χ1n) is 9.55. The van der Waals surface area contributed by atoms with Gasteiger partial charge < -0.3 is 20.3 Å². The third-order valence-corrected chi connectivity index (χ3v) is 4.56. The number of carbonyl (C=O) groups is 1. The van der Waals surface area contributed by atoms with Gasteiger partial charge in [-0.1, -0.05) is 17.0 Å². The number of fused-ring (bicyclic) bond motifs is 1. The Bertz CT molecular complexity index is 1390. The number of aliphatic hydroxyl groups is 1. The maximum Gasteiger partial charge on any atom is 0.274 e. The number of nitrogens with zero attached hydrogens (tertiary/aromatic N) is 7. The van der Waals surface area contributed by atoms with Crippen molar-refractivity contribution in [3.63, 3.8) is 0 Å². The van der Waals surface area contributed by atoms with E-state index in [0.717, 1.165) is 0 Å². The Hall–Kier alpha value is -4.30. The molecule has 3 aromatic heterocycles. The molecule has 0 radical (unpaired) electrons. The van der Waals surface area contributed by atoms with E-state index in [-0.39, 0.29) is 23.4 Å². The number of carbonyl (C=O) groups excluding carboxylic acids is 1. The maximum absolute atomic E-state index is 12.7. The van der Waals surface area contributed by atoms with Crippen molar-refractivity contribution in [2.45, 2.75) is 19.4 Å². The summed E-state index contributed by atoms with van der Waals surface area (Å²) in [6.45, 7) is 3.12. The summed E-state index contributed by atoms with van der Waals surface area (Å²) in [5, 5.41) is 19.4. The molecule has 3 N–H and O–H groups in total. The summed E-state index contributed by atoms with van der Waals surface area (Å²) in [5.41, 5.74) is 5.51. The summed E-state index contributed by atoms with van der Waals surface area (Å²) in [7, 11) is 3.30. The lowest BCUT2D eigenvalue weighted by Gasteiger charge is -2.09. The Morgan fingerprint density at radius 1 is 1.28 bits per heavy atom. The summed E-state index contributed by atoms with van der Waals surface area (Å²) in [6, 6.07) is 6.86. The lowest BCUT2D eigenvalue weighted by atomic mass is 10.1. The molecule has 0 spiro atoms. The number of benzene rings is 1. The summed E-state index contributed by atoms with van der Waals surface area (Å²) in [5.74, 6) is 6.28. The Morgan fingerprint density at radius 3 is 2.72 bits per heavy atom. The molecule has 0 aliphatic carbocycles. The maximum atomic E-state index is 12.7. The van der Waals surface area contributed by atoms with Gasteiger partial charge in [-0.05, 0) is 32.0 Å². The van der Waals surface area contributed by atoms with Gasteiger partial charge in [-0.25, -0.2) is 9.67 Å². The predicted molar refractivity (Wildman–Crippen MR) is 115 cm³/mol. The zero-order chi connectivity index (χ0) is 23.0. The monoisotopic (exact) mass is 432 g/mol. The molecular weight excluding hydrogens is 412 g/mol. The standard InChI is InChI=1S/C21H20N8O3/c1-12-24-19(32-27-12)21(2,31)9-7-13-5-6-14-15(11-13)29(16-8-10-23-20(22)25-16)26-17(14)18(30)28(3)4/h5-6,8,10-11,31H,1-4H3,(H2,22,23,25). The van der Waals surface area contributed by atoms with Crippen LogP contribution in [-0.4, -0.2) is 59.9 Å². The van der Waals surface area contributed by atoms with Crippen LogP contribution in [0.5, 0.6) is 0 Å². The van der Waals surface area contributed by atoms with E-state index < -0.39 is 5.60 Å². The number of aromatic nitrogens is 6. The van der Waals surface area contributed by atoms with E-state index in [1.807, 2.05) is 0 Å². The number of amides is 1. The number of hydrogen-bond donors (Lipinski definition) is 2. The van der Waals surface area contributed by atoms with Crippen LogP contribution in [0.1, 0.15) is 34.7 Å². The molecule has 4 rings (SSSR count). The van der Waals surface area contributed by atoms with E-state index in [2.05, 4.69) is 37.0 Å². The van der Waals surface area contributed by atoms with Gasteiger partial charge in [-0.3, -0.25) is 4.79 Å². The fourth-order valence-corrected chi connectivity index (χ4v) is 2.96. The van der Waals surface area contributed by atoms with Crippen molar-refractivity contribution in [1.82, 2.24) is 34.8 Å². The summed E-state index contributed by atoms with van der Waals surface area (Å²) in [4.78, 5) is 26.3. The fourth-order valence-electron chi connectivity index (χ4n) is 2.96. The van der Waals surface area contributed by atoms with Gasteiger partial charge in [0.25, 0.3) is 11.8 Å². The second-order valence-corrected chi connectivity index (χ2v) is 7.43. The molecule has 0 aliphatic heterocycles. The van der Waals surface area contributed by atoms with Crippen LogP contribution in [0.25, 0.3) is 16.7 Å². The van der Waals surface area contributed by atoms with Crippen LogP contribution in [0.3, 0.4) is 0 Å². The smallest absolute Gasteiger partial charge is 0.274 e. The number of anilines is 1. The summed E-state index contributed by atoms with van der Waals surface area (Å²) < 4.78 is 6.54. The van der Waals surface area contributed by atoms with Gasteiger partial charge in [0.1, 0.15) is 0 Å². The van der Waals surface area contributed by atoms with Crippen LogP contribution in [0, 0.1) is 18.8 Å². The zero-order valence-corrected chi connectivity index (χ0v) is 17.9. The van der Waals surface area contributed by atoms with E-state index in [1.165, 1.54) is 22.7 Å². The van der Waals surface area contributed by atoms with Crippen molar-refractivity contribution in [1.29, 1.82) is 0 Å². The molecule has 4 aromatic rings. The second kappa shape index (κ2) is 7.75. The molecule has 1 unspecified atom stereocenters. The predicted octanol–water partition coefficient (Wildman–Crippen LogP) is 1.05. The molecular formula is C21H20N8O3. The largest absolute Gasteiger partial charge is 0.370 e. The Balaban J connectivity index is 1.84. The van der Waals surface area contributed by atoms with Crippen LogP contribution in [0.15, 0.2) is 35.0 Å². The molecule has 3 heterocycles. The topological polar surface area (TPSA) is 149 Å². The van der Waals surface area contributed by atoms with Gasteiger partial charge in [-0.15, -0.1) is 0 Å². The lowest BCUT2D eigenvalue weighted by Crippen LogP contribution is -2.22. The molecule has 1 aromatic carbocycles. The number of rotatable bonds is 3. The Kier molecular flexibility index (Phi) is 5.07. The third kappa shape index (κ3) is 3.86. The SMILES string of the molecule is Cc1noc(C(C)(O)C#Cc2ccc3c(C(=O)N(C)C)nn(-c4ccnc(N)n4)c3c2)n1. The Morgan fingerprint density at radius 2 is 2.06 bits per heavy atom. The fraction of sp³-hybridized carbons (Fsp3) is 0.238. The van der Waals surface area contributed by atoms with Crippen LogP contribution in [0.2, 0.25) is 0 Å². The summed E-state index contributed by atoms with van der Waals surface area (Å²) in [6.07, 6.45) is 1.51. The average molecular weight is 432 g/mol. The van der Waals surface area contributed by atoms with Crippen molar-refractivity contribution in [2.75, 3.05) is 19.8 Å². The number of hydrogen-bond acceptors (Lipinski definition) is 9. The molecule has 0 aliphatic rings. The van der Waals surface area contributed by atoms with Gasteiger partial charge in [0, 0.05) is 37.3 Å². The van der Waals surface area contributed by atoms with Gasteiger partial charge in [0.2, 0.25) is 11.5 Å². The minimum atomic E-state index is -1.64. The number of nitrogens with two attached hydrogens (primary N) is 1. The first kappa shape index (κ1) is 21.0. The normalized spacial score (nSPS) is 12.8. The van der Waals surface area contributed by atoms with Crippen molar-refractivity contribution in [3.8, 4) is 17.7 Å². The van der Waals surface area contributed by atoms with E-state index in [9.17, 15) is 9.90 Å². The zero-order valence-electron chi connectivity index (χ0n) is 17.9. The third-order valence-electron chi connectivity index (χ3n) is 4.56. The first-order chi connectivity index (χ1) is 15.2. The van der Waals surface area contributed by atoms with Crippen LogP contribution < -0.4 is 5.73 Å². The van der Waals surface area contributed by atoms with Crippen LogP contribution >= 0.6 is 0 Å². The molecule has 0 fully saturated rings. The molecule has 11 nitrogen and oxygen atoms in total. The molecule has 1 atom stereocenters. The van der Waals surface area contributed by atoms with Crippen molar-refractivity contribution < 1.29 is 14.4 Å². The lowest BCUT2D eigenvalue weighted by molar-refractivity contribution is 0.0813. The molecule has 0 saturated heterocycles. The minimum absolute atomic E-state index is 0.00365. The van der Waals surface area contributed by atoms with Gasteiger partial charge >= 0.3 is 0 Å². The van der Waals surface area contributed by atoms with Crippen LogP contribution in [-0.2, 0) is 5.60 Å². The van der Waals surface area contributed by atoms with Crippen molar-refractivity contribution >= 4 is 22.8 Å². The van der Waals surface area contributed by atoms with E-state index in [0.29, 0.717) is 28.1 Å². The van der Waals surface area contributed by atoms with Gasteiger partial charge in [-0.2, -0.15) is 15.1 Å². The van der Waals surface area contributed by atoms with Crippen molar-refractivity contribution in [2.24, 2.45) is 0 Å². The highest BCUT2D eigenvalue weighted by atomic mass is 16.5. The molecule has 162 valence electrons. The highest BCUT2D eigenvalue weighted by Crippen LogP contribution is 2.24.